The molecule has 0 aliphatic rings. The summed E-state index contributed by atoms with van der Waals surface area (Å²) in [6.45, 7) is 6.68. The van der Waals surface area contributed by atoms with E-state index in [4.69, 9.17) is 4.74 Å². The van der Waals surface area contributed by atoms with Crippen LogP contribution >= 0.6 is 0 Å². The molecule has 3 aromatic heterocycles. The monoisotopic (exact) mass is 324 g/mol. The first-order chi connectivity index (χ1) is 10.9. The van der Waals surface area contributed by atoms with Gasteiger partial charge >= 0.3 is 0 Å². The second-order valence-electron chi connectivity index (χ2n) is 6.55. The zero-order chi connectivity index (χ0) is 16.6. The third-order valence-electron chi connectivity index (χ3n) is 3.41. The Morgan fingerprint density at radius 3 is 2.48 bits per heavy atom. The number of methoxy groups -OCH3 is 1. The van der Waals surface area contributed by atoms with Crippen LogP contribution in [-0.2, 0) is 7.05 Å². The van der Waals surface area contributed by atoms with Crippen LogP contribution in [0.1, 0.15) is 5.56 Å². The minimum absolute atomic E-state index is 0.767. The van der Waals surface area contributed by atoms with Crippen molar-refractivity contribution in [1.29, 1.82) is 0 Å². The van der Waals surface area contributed by atoms with Crippen molar-refractivity contribution >= 4 is 13.6 Å². The summed E-state index contributed by atoms with van der Waals surface area (Å²) in [6.07, 6.45) is 7.58. The molecule has 0 bridgehead atoms. The fourth-order valence-corrected chi connectivity index (χ4v) is 2.82. The highest BCUT2D eigenvalue weighted by atomic mass is 28.3. The quantitative estimate of drug-likeness (QED) is 0.538. The first-order valence-corrected chi connectivity index (χ1v) is 10.9. The summed E-state index contributed by atoms with van der Waals surface area (Å²) in [5.74, 6) is 4.04. The Morgan fingerprint density at radius 2 is 1.87 bits per heavy atom. The van der Waals surface area contributed by atoms with Crippen LogP contribution in [0.5, 0.6) is 5.75 Å². The molecule has 3 aromatic rings. The number of aryl methyl sites for hydroxylation is 1. The number of pyridine rings is 1. The summed E-state index contributed by atoms with van der Waals surface area (Å²) in [6, 6.07) is 2.01. The average Bonchev–Trinajstić information content (AvgIpc) is 3.09. The van der Waals surface area contributed by atoms with E-state index in [-0.39, 0.29) is 0 Å². The van der Waals surface area contributed by atoms with Crippen LogP contribution in [0.25, 0.3) is 16.6 Å². The molecule has 0 unspecified atom stereocenters. The normalized spacial score (nSPS) is 11.3. The van der Waals surface area contributed by atoms with Gasteiger partial charge in [-0.2, -0.15) is 10.2 Å². The fourth-order valence-electron chi connectivity index (χ4n) is 2.31. The standard InChI is InChI=1S/C17H20N4OSi/c1-20-11-15(10-18-20)14-8-16(22-2)17-13(6-7-23(3,4)5)9-19-21(17)12-14/h8-12H,1-5H3. The largest absolute Gasteiger partial charge is 0.494 e. The number of hydrogen-bond donors (Lipinski definition) is 0. The Kier molecular flexibility index (Phi) is 3.74. The van der Waals surface area contributed by atoms with Gasteiger partial charge in [0.25, 0.3) is 0 Å². The summed E-state index contributed by atoms with van der Waals surface area (Å²) >= 11 is 0. The number of ether oxygens (including phenoxy) is 1. The summed E-state index contributed by atoms with van der Waals surface area (Å²) in [4.78, 5) is 0. The van der Waals surface area contributed by atoms with E-state index in [0.717, 1.165) is 28.0 Å². The number of nitrogens with zero attached hydrogens (tertiary/aromatic N) is 4. The molecule has 3 rings (SSSR count). The molecule has 23 heavy (non-hydrogen) atoms. The van der Waals surface area contributed by atoms with E-state index in [1.165, 1.54) is 0 Å². The van der Waals surface area contributed by atoms with Crippen LogP contribution in [0, 0.1) is 11.5 Å². The molecule has 3 heterocycles. The third kappa shape index (κ3) is 3.15. The van der Waals surface area contributed by atoms with Crippen molar-refractivity contribution in [2.24, 2.45) is 7.05 Å². The number of rotatable bonds is 2. The molecule has 5 nitrogen and oxygen atoms in total. The first-order valence-electron chi connectivity index (χ1n) is 7.45. The van der Waals surface area contributed by atoms with E-state index in [0.29, 0.717) is 0 Å². The second kappa shape index (κ2) is 5.59. The maximum Gasteiger partial charge on any atom is 0.146 e. The molecule has 0 N–H and O–H groups in total. The van der Waals surface area contributed by atoms with Crippen LogP contribution < -0.4 is 4.74 Å². The van der Waals surface area contributed by atoms with Crippen LogP contribution in [0.15, 0.2) is 30.9 Å². The highest BCUT2D eigenvalue weighted by Crippen LogP contribution is 2.29. The molecule has 0 aliphatic carbocycles. The molecular formula is C17H20N4OSi. The van der Waals surface area contributed by atoms with Gasteiger partial charge < -0.3 is 4.74 Å². The molecule has 0 aromatic carbocycles. The Bertz CT molecular complexity index is 922. The van der Waals surface area contributed by atoms with Crippen molar-refractivity contribution in [3.63, 3.8) is 0 Å². The first kappa shape index (κ1) is 15.4. The van der Waals surface area contributed by atoms with Crippen molar-refractivity contribution in [1.82, 2.24) is 19.4 Å². The van der Waals surface area contributed by atoms with E-state index in [1.807, 2.05) is 36.2 Å². The summed E-state index contributed by atoms with van der Waals surface area (Å²) < 4.78 is 9.19. The van der Waals surface area contributed by atoms with Gasteiger partial charge in [0, 0.05) is 30.6 Å². The molecule has 6 heteroatoms. The minimum Gasteiger partial charge on any atom is -0.494 e. The Labute approximate surface area is 136 Å². The Hall–Kier alpha value is -2.52. The molecular weight excluding hydrogens is 304 g/mol. The Morgan fingerprint density at radius 1 is 1.09 bits per heavy atom. The van der Waals surface area contributed by atoms with Gasteiger partial charge in [-0.25, -0.2) is 4.52 Å². The van der Waals surface area contributed by atoms with Crippen molar-refractivity contribution in [2.45, 2.75) is 19.6 Å². The molecule has 0 spiro atoms. The van der Waals surface area contributed by atoms with Gasteiger partial charge in [0.15, 0.2) is 0 Å². The van der Waals surface area contributed by atoms with E-state index in [2.05, 4.69) is 41.3 Å². The van der Waals surface area contributed by atoms with E-state index in [1.54, 1.807) is 18.0 Å². The van der Waals surface area contributed by atoms with Gasteiger partial charge in [-0.3, -0.25) is 4.68 Å². The summed E-state index contributed by atoms with van der Waals surface area (Å²) in [7, 11) is 2.13. The SMILES string of the molecule is COc1cc(-c2cnn(C)c2)cn2ncc(C#C[Si](C)(C)C)c12. The highest BCUT2D eigenvalue weighted by molar-refractivity contribution is 6.83. The molecule has 0 saturated heterocycles. The fraction of sp³-hybridized carbons (Fsp3) is 0.294. The minimum atomic E-state index is -1.44. The average molecular weight is 324 g/mol. The van der Waals surface area contributed by atoms with Crippen LogP contribution in [0.3, 0.4) is 0 Å². The van der Waals surface area contributed by atoms with Gasteiger partial charge in [-0.15, -0.1) is 5.54 Å². The molecule has 0 saturated carbocycles. The lowest BCUT2D eigenvalue weighted by atomic mass is 10.1. The zero-order valence-corrected chi connectivity index (χ0v) is 15.1. The van der Waals surface area contributed by atoms with Gasteiger partial charge in [0.1, 0.15) is 19.3 Å². The van der Waals surface area contributed by atoms with Crippen LogP contribution in [0.2, 0.25) is 19.6 Å². The zero-order valence-electron chi connectivity index (χ0n) is 14.1. The maximum atomic E-state index is 5.58. The van der Waals surface area contributed by atoms with E-state index >= 15 is 0 Å². The van der Waals surface area contributed by atoms with Gasteiger partial charge in [-0.05, 0) is 6.07 Å². The molecule has 118 valence electrons. The van der Waals surface area contributed by atoms with Crippen molar-refractivity contribution < 1.29 is 4.74 Å². The topological polar surface area (TPSA) is 44.4 Å². The van der Waals surface area contributed by atoms with Gasteiger partial charge in [0.2, 0.25) is 0 Å². The van der Waals surface area contributed by atoms with Crippen LogP contribution in [0.4, 0.5) is 0 Å². The molecule has 0 fully saturated rings. The Balaban J connectivity index is 2.16. The second-order valence-corrected chi connectivity index (χ2v) is 11.3. The predicted octanol–water partition coefficient (Wildman–Crippen LogP) is 2.97. The number of aromatic nitrogens is 4. The molecule has 0 amide bonds. The highest BCUT2D eigenvalue weighted by Gasteiger charge is 2.13. The summed E-state index contributed by atoms with van der Waals surface area (Å²) in [5.41, 5.74) is 7.23. The van der Waals surface area contributed by atoms with Crippen molar-refractivity contribution in [3.05, 3.63) is 36.4 Å². The predicted molar refractivity (Wildman–Crippen MR) is 94.2 cm³/mol. The van der Waals surface area contributed by atoms with Gasteiger partial charge in [-0.1, -0.05) is 25.6 Å². The van der Waals surface area contributed by atoms with Crippen molar-refractivity contribution in [3.8, 4) is 28.3 Å². The van der Waals surface area contributed by atoms with Gasteiger partial charge in [0.05, 0.1) is 25.1 Å². The third-order valence-corrected chi connectivity index (χ3v) is 4.28. The molecule has 0 atom stereocenters. The van der Waals surface area contributed by atoms with E-state index < -0.39 is 8.07 Å². The lowest BCUT2D eigenvalue weighted by Gasteiger charge is -2.07. The maximum absolute atomic E-state index is 5.58. The molecule has 0 aliphatic heterocycles. The summed E-state index contributed by atoms with van der Waals surface area (Å²) in [5, 5.41) is 8.66. The lowest BCUT2D eigenvalue weighted by Crippen LogP contribution is -2.16. The lowest BCUT2D eigenvalue weighted by molar-refractivity contribution is 0.417. The van der Waals surface area contributed by atoms with E-state index in [9.17, 15) is 0 Å². The smallest absolute Gasteiger partial charge is 0.146 e. The number of hydrogen-bond acceptors (Lipinski definition) is 3. The van der Waals surface area contributed by atoms with Crippen LogP contribution in [-0.4, -0.2) is 34.6 Å². The van der Waals surface area contributed by atoms with Crippen molar-refractivity contribution in [2.75, 3.05) is 7.11 Å². The number of fused-ring (bicyclic) bond motifs is 1. The molecule has 0 radical (unpaired) electrons.